The van der Waals surface area contributed by atoms with E-state index >= 15 is 0 Å². The van der Waals surface area contributed by atoms with Crippen molar-refractivity contribution in [2.24, 2.45) is 39.7 Å². The summed E-state index contributed by atoms with van der Waals surface area (Å²) < 4.78 is 0. The van der Waals surface area contributed by atoms with Crippen LogP contribution in [0.5, 0.6) is 0 Å². The van der Waals surface area contributed by atoms with Gasteiger partial charge in [-0.25, -0.2) is 0 Å². The van der Waals surface area contributed by atoms with E-state index in [1.165, 1.54) is 12.5 Å². The molecule has 0 spiro atoms. The zero-order valence-electron chi connectivity index (χ0n) is 24.5. The van der Waals surface area contributed by atoms with Crippen molar-refractivity contribution in [3.8, 4) is 12.3 Å². The van der Waals surface area contributed by atoms with Gasteiger partial charge in [0, 0.05) is 5.41 Å². The minimum Gasteiger partial charge on any atom is -0.480 e. The van der Waals surface area contributed by atoms with Gasteiger partial charge >= 0.3 is 5.97 Å². The predicted octanol–water partition coefficient (Wildman–Crippen LogP) is 3.42. The second-order valence-corrected chi connectivity index (χ2v) is 13.2. The number of fused-ring (bicyclic) bond motifs is 5. The fraction of sp³-hybridized carbons (Fsp3) is 0.742. The summed E-state index contributed by atoms with van der Waals surface area (Å²) in [6.45, 7) is 9.16. The third-order valence-corrected chi connectivity index (χ3v) is 10.7. The van der Waals surface area contributed by atoms with Crippen molar-refractivity contribution in [3.63, 3.8) is 0 Å². The Morgan fingerprint density at radius 2 is 1.80 bits per heavy atom. The minimum atomic E-state index is -1.15. The fourth-order valence-corrected chi connectivity index (χ4v) is 8.18. The summed E-state index contributed by atoms with van der Waals surface area (Å²) in [6, 6.07) is -1.94. The molecule has 0 bridgehead atoms. The summed E-state index contributed by atoms with van der Waals surface area (Å²) in [5.74, 6) is 1.88. The maximum atomic E-state index is 12.5. The van der Waals surface area contributed by atoms with Gasteiger partial charge < -0.3 is 25.7 Å². The highest BCUT2D eigenvalue weighted by molar-refractivity contribution is 5.96. The zero-order valence-corrected chi connectivity index (χ0v) is 24.5. The van der Waals surface area contributed by atoms with E-state index in [-0.39, 0.29) is 23.4 Å². The maximum absolute atomic E-state index is 12.5. The Morgan fingerprint density at radius 3 is 2.45 bits per heavy atom. The number of carboxylic acids is 1. The van der Waals surface area contributed by atoms with Crippen LogP contribution in [0.2, 0.25) is 0 Å². The van der Waals surface area contributed by atoms with E-state index in [1.54, 1.807) is 13.8 Å². The first-order valence-electron chi connectivity index (χ1n) is 14.7. The molecule has 4 aliphatic carbocycles. The van der Waals surface area contributed by atoms with E-state index in [0.29, 0.717) is 24.2 Å². The first-order chi connectivity index (χ1) is 18.8. The lowest BCUT2D eigenvalue weighted by atomic mass is 9.46. The average molecular weight is 556 g/mol. The Bertz CT molecular complexity index is 1140. The van der Waals surface area contributed by atoms with Crippen LogP contribution in [0.15, 0.2) is 16.8 Å². The third kappa shape index (κ3) is 5.27. The molecule has 9 heteroatoms. The quantitative estimate of drug-likeness (QED) is 0.268. The van der Waals surface area contributed by atoms with Crippen LogP contribution in [-0.4, -0.2) is 58.0 Å². The molecule has 0 radical (unpaired) electrons. The Balaban J connectivity index is 1.36. The number of amides is 2. The molecule has 9 nitrogen and oxygen atoms in total. The molecule has 0 unspecified atom stereocenters. The van der Waals surface area contributed by atoms with Gasteiger partial charge in [-0.1, -0.05) is 44.3 Å². The van der Waals surface area contributed by atoms with Crippen LogP contribution >= 0.6 is 0 Å². The largest absolute Gasteiger partial charge is 0.480 e. The predicted molar refractivity (Wildman–Crippen MR) is 151 cm³/mol. The molecule has 0 saturated heterocycles. The Labute approximate surface area is 237 Å². The van der Waals surface area contributed by atoms with Gasteiger partial charge in [-0.3, -0.25) is 14.4 Å². The molecule has 4 N–H and O–H groups in total. The van der Waals surface area contributed by atoms with Crippen molar-refractivity contribution in [3.05, 3.63) is 11.6 Å². The van der Waals surface area contributed by atoms with Crippen LogP contribution in [0.3, 0.4) is 0 Å². The molecule has 8 atom stereocenters. The van der Waals surface area contributed by atoms with Crippen LogP contribution in [0.1, 0.15) is 86.0 Å². The van der Waals surface area contributed by atoms with Crippen LogP contribution in [0, 0.1) is 46.8 Å². The van der Waals surface area contributed by atoms with Crippen molar-refractivity contribution >= 4 is 23.5 Å². The van der Waals surface area contributed by atoms with Gasteiger partial charge in [-0.05, 0) is 93.5 Å². The minimum absolute atomic E-state index is 0.0857. The number of allylic oxidation sites excluding steroid dienone is 2. The van der Waals surface area contributed by atoms with Crippen molar-refractivity contribution < 1.29 is 29.4 Å². The second-order valence-electron chi connectivity index (χ2n) is 13.2. The van der Waals surface area contributed by atoms with Crippen molar-refractivity contribution in [2.75, 3.05) is 6.61 Å². The summed E-state index contributed by atoms with van der Waals surface area (Å²) in [5.41, 5.74) is 1.09. The highest BCUT2D eigenvalue weighted by Gasteiger charge is 2.63. The number of hydrogen-bond acceptors (Lipinski definition) is 6. The number of oxime groups is 1. The second kappa shape index (κ2) is 11.2. The van der Waals surface area contributed by atoms with E-state index in [1.807, 2.05) is 0 Å². The Hall–Kier alpha value is -2.86. The average Bonchev–Trinajstić information content (AvgIpc) is 3.18. The maximum Gasteiger partial charge on any atom is 0.325 e. The number of hydrogen-bond donors (Lipinski definition) is 4. The molecule has 3 fully saturated rings. The van der Waals surface area contributed by atoms with Crippen LogP contribution in [0.25, 0.3) is 0 Å². The number of nitrogens with one attached hydrogen (secondary N) is 2. The fourth-order valence-electron chi connectivity index (χ4n) is 8.18. The van der Waals surface area contributed by atoms with Gasteiger partial charge in [0.1, 0.15) is 17.7 Å². The lowest BCUT2D eigenvalue weighted by Gasteiger charge is -2.58. The summed E-state index contributed by atoms with van der Waals surface area (Å²) in [5, 5.41) is 29.5. The smallest absolute Gasteiger partial charge is 0.325 e. The summed E-state index contributed by atoms with van der Waals surface area (Å²) in [7, 11) is 0. The van der Waals surface area contributed by atoms with Crippen LogP contribution in [0.4, 0.5) is 0 Å². The number of nitrogens with zero attached hydrogens (tertiary/aromatic N) is 1. The molecular formula is C31H45N3O6. The van der Waals surface area contributed by atoms with Crippen LogP contribution in [-0.2, 0) is 19.2 Å². The molecule has 4 rings (SSSR count). The number of terminal acetylenes is 1. The summed E-state index contributed by atoms with van der Waals surface area (Å²) in [6.07, 6.45) is 15.5. The molecule has 0 aromatic heterocycles. The Kier molecular flexibility index (Phi) is 8.43. The number of carbonyl (C=O) groups excluding carboxylic acids is 2. The van der Waals surface area contributed by atoms with E-state index in [0.717, 1.165) is 50.7 Å². The van der Waals surface area contributed by atoms with Gasteiger partial charge in [-0.15, -0.1) is 6.42 Å². The molecule has 2 amide bonds. The van der Waals surface area contributed by atoms with Gasteiger partial charge in [0.15, 0.2) is 6.61 Å². The van der Waals surface area contributed by atoms with E-state index in [4.69, 9.17) is 16.4 Å². The first-order valence-corrected chi connectivity index (χ1v) is 14.7. The zero-order chi connectivity index (χ0) is 29.5. The first kappa shape index (κ1) is 30.1. The molecule has 0 aliphatic heterocycles. The van der Waals surface area contributed by atoms with Crippen molar-refractivity contribution in [1.82, 2.24) is 10.6 Å². The summed E-state index contributed by atoms with van der Waals surface area (Å²) >= 11 is 0. The van der Waals surface area contributed by atoms with Gasteiger partial charge in [-0.2, -0.15) is 0 Å². The SMILES string of the molecule is C#C[C@@]1(O)CC[C@@H]2[C@@H]3CCC4=C/C(=N\OCC(=O)N[C@H](C(=O)N[C@@H](C)C(=O)O)C(C)C)CC[C@]4(C)[C@H]3CC[C@@]21C. The Morgan fingerprint density at radius 1 is 1.10 bits per heavy atom. The van der Waals surface area contributed by atoms with E-state index in [9.17, 15) is 19.5 Å². The van der Waals surface area contributed by atoms with E-state index in [2.05, 4.69) is 41.6 Å². The topological polar surface area (TPSA) is 137 Å². The molecule has 0 aromatic carbocycles. The van der Waals surface area contributed by atoms with Gasteiger partial charge in [0.2, 0.25) is 5.91 Å². The third-order valence-electron chi connectivity index (χ3n) is 10.7. The molecule has 40 heavy (non-hydrogen) atoms. The number of rotatable bonds is 8. The highest BCUT2D eigenvalue weighted by Crippen LogP contribution is 2.67. The molecule has 3 saturated carbocycles. The monoisotopic (exact) mass is 555 g/mol. The number of carbonyl (C=O) groups is 3. The molecule has 4 aliphatic rings. The molecule has 0 heterocycles. The van der Waals surface area contributed by atoms with Crippen LogP contribution < -0.4 is 10.6 Å². The summed E-state index contributed by atoms with van der Waals surface area (Å²) in [4.78, 5) is 41.4. The van der Waals surface area contributed by atoms with Gasteiger partial charge in [0.25, 0.3) is 5.91 Å². The number of aliphatic hydroxyl groups is 1. The molecule has 220 valence electrons. The van der Waals surface area contributed by atoms with E-state index < -0.39 is 35.5 Å². The van der Waals surface area contributed by atoms with Crippen molar-refractivity contribution in [2.45, 2.75) is 104 Å². The molecule has 0 aromatic rings. The highest BCUT2D eigenvalue weighted by atomic mass is 16.6. The van der Waals surface area contributed by atoms with Gasteiger partial charge in [0.05, 0.1) is 5.71 Å². The molecular weight excluding hydrogens is 510 g/mol. The number of aliphatic carboxylic acids is 1. The normalized spacial score (nSPS) is 37.2. The van der Waals surface area contributed by atoms with Crippen molar-refractivity contribution in [1.29, 1.82) is 0 Å². The lowest BCUT2D eigenvalue weighted by molar-refractivity contribution is -0.142. The number of carboxylic acid groups (broad SMARTS) is 1. The standard InChI is InChI=1S/C31H45N3O6/c1-7-31(39)15-12-24-22-9-8-20-16-21(10-13-29(20,5)23(22)11-14-30(24,31)6)34-40-17-25(35)33-26(18(2)3)27(36)32-19(4)28(37)38/h1,16,18-19,22-24,26,39H,8-15,17H2,2-6H3,(H,32,36)(H,33,35)(H,37,38)/b34-21-/t19-,22+,23-,24+,26-,29-,30-,31+/m0/s1. The lowest BCUT2D eigenvalue weighted by Crippen LogP contribution is -2.54.